The van der Waals surface area contributed by atoms with Crippen molar-refractivity contribution in [1.29, 1.82) is 0 Å². The first kappa shape index (κ1) is 12.3. The minimum atomic E-state index is 0.100. The van der Waals surface area contributed by atoms with Crippen LogP contribution in [0.15, 0.2) is 5.11 Å². The number of azide groups is 1. The molecule has 0 saturated carbocycles. The Bertz CT molecular complexity index is 230. The molecule has 0 aliphatic carbocycles. The van der Waals surface area contributed by atoms with Crippen molar-refractivity contribution in [2.75, 3.05) is 26.8 Å². The lowest BCUT2D eigenvalue weighted by Gasteiger charge is -2.36. The number of piperidine rings is 1. The summed E-state index contributed by atoms with van der Waals surface area (Å²) in [5.74, 6) is 0. The van der Waals surface area contributed by atoms with Crippen LogP contribution < -0.4 is 0 Å². The van der Waals surface area contributed by atoms with E-state index in [4.69, 9.17) is 10.4 Å². The number of likely N-dealkylation sites (tertiary alicyclic amines) is 1. The number of hydrogen-bond donors (Lipinski definition) is 0. The molecule has 6 nitrogen and oxygen atoms in total. The molecule has 1 fully saturated rings. The molecule has 0 N–H and O–H groups in total. The van der Waals surface area contributed by atoms with E-state index in [1.807, 2.05) is 0 Å². The average Bonchev–Trinajstić information content (AvgIpc) is 2.27. The van der Waals surface area contributed by atoms with Crippen LogP contribution in [0, 0.1) is 0 Å². The first-order valence-corrected chi connectivity index (χ1v) is 5.25. The highest BCUT2D eigenvalue weighted by Crippen LogP contribution is 2.20. The maximum absolute atomic E-state index is 8.39. The van der Waals surface area contributed by atoms with E-state index in [9.17, 15) is 0 Å². The second-order valence-corrected chi connectivity index (χ2v) is 3.62. The third-order valence-electron chi connectivity index (χ3n) is 2.81. The monoisotopic (exact) mass is 214 g/mol. The summed E-state index contributed by atoms with van der Waals surface area (Å²) in [6.45, 7) is 4.59. The van der Waals surface area contributed by atoms with Crippen LogP contribution in [0.4, 0.5) is 0 Å². The van der Waals surface area contributed by atoms with Crippen molar-refractivity contribution in [3.05, 3.63) is 10.4 Å². The lowest BCUT2D eigenvalue weighted by atomic mass is 9.98. The summed E-state index contributed by atoms with van der Waals surface area (Å²) in [6.07, 6.45) is 1.78. The van der Waals surface area contributed by atoms with Gasteiger partial charge in [0.25, 0.3) is 0 Å². The molecule has 2 unspecified atom stereocenters. The highest BCUT2D eigenvalue weighted by atomic mass is 17.2. The quantitative estimate of drug-likeness (QED) is 0.230. The van der Waals surface area contributed by atoms with Gasteiger partial charge >= 0.3 is 0 Å². The molecular formula is C9H18N4O2. The van der Waals surface area contributed by atoms with Crippen LogP contribution in [0.3, 0.4) is 0 Å². The van der Waals surface area contributed by atoms with Gasteiger partial charge in [0.05, 0.1) is 13.7 Å². The maximum atomic E-state index is 8.39. The van der Waals surface area contributed by atoms with Gasteiger partial charge in [0.1, 0.15) is 0 Å². The molecule has 1 heterocycles. The molecule has 1 aliphatic heterocycles. The topological polar surface area (TPSA) is 70.5 Å². The van der Waals surface area contributed by atoms with Crippen LogP contribution in [0.1, 0.15) is 19.8 Å². The number of nitrogens with zero attached hydrogens (tertiary/aromatic N) is 4. The lowest BCUT2D eigenvalue weighted by Crippen LogP contribution is -2.46. The Balaban J connectivity index is 2.48. The van der Waals surface area contributed by atoms with Crippen LogP contribution in [0.2, 0.25) is 0 Å². The molecule has 1 saturated heterocycles. The fourth-order valence-corrected chi connectivity index (χ4v) is 1.99. The van der Waals surface area contributed by atoms with Crippen molar-refractivity contribution < 1.29 is 9.78 Å². The molecule has 0 bridgehead atoms. The summed E-state index contributed by atoms with van der Waals surface area (Å²) in [6, 6.07) is 0.391. The van der Waals surface area contributed by atoms with E-state index in [1.54, 1.807) is 0 Å². The molecule has 1 rings (SSSR count). The normalized spacial score (nSPS) is 27.3. The van der Waals surface area contributed by atoms with Gasteiger partial charge in [-0.15, -0.1) is 0 Å². The standard InChI is InChI=1S/C9H18N4O2/c1-3-13-5-4-8(11-12-10)6-9(13)7-15-14-2/h8-9H,3-7H2,1-2H3. The molecule has 15 heavy (non-hydrogen) atoms. The molecule has 0 spiro atoms. The van der Waals surface area contributed by atoms with Crippen molar-refractivity contribution in [1.82, 2.24) is 4.90 Å². The van der Waals surface area contributed by atoms with E-state index in [0.29, 0.717) is 12.6 Å². The van der Waals surface area contributed by atoms with Crippen molar-refractivity contribution in [2.24, 2.45) is 5.11 Å². The summed E-state index contributed by atoms with van der Waals surface area (Å²) < 4.78 is 0. The third-order valence-corrected chi connectivity index (χ3v) is 2.81. The number of rotatable bonds is 5. The zero-order valence-electron chi connectivity index (χ0n) is 9.30. The van der Waals surface area contributed by atoms with Crippen LogP contribution in [0.5, 0.6) is 0 Å². The van der Waals surface area contributed by atoms with Gasteiger partial charge in [0.2, 0.25) is 0 Å². The molecule has 0 aromatic heterocycles. The van der Waals surface area contributed by atoms with Gasteiger partial charge in [-0.3, -0.25) is 4.90 Å². The Kier molecular flexibility index (Phi) is 5.42. The SMILES string of the molecule is CCN1CCC(N=[N+]=[N-])CC1COOC. The molecule has 1 aliphatic rings. The Morgan fingerprint density at radius 1 is 1.60 bits per heavy atom. The predicted octanol–water partition coefficient (Wildman–Crippen LogP) is 1.73. The average molecular weight is 214 g/mol. The van der Waals surface area contributed by atoms with E-state index in [-0.39, 0.29) is 6.04 Å². The minimum absolute atomic E-state index is 0.100. The predicted molar refractivity (Wildman–Crippen MR) is 56.2 cm³/mol. The van der Waals surface area contributed by atoms with Crippen LogP contribution in [0.25, 0.3) is 10.4 Å². The molecule has 6 heteroatoms. The molecule has 0 aromatic rings. The fourth-order valence-electron chi connectivity index (χ4n) is 1.99. The Morgan fingerprint density at radius 3 is 3.00 bits per heavy atom. The van der Waals surface area contributed by atoms with Gasteiger partial charge in [-0.25, -0.2) is 9.78 Å². The van der Waals surface area contributed by atoms with Crippen molar-refractivity contribution in [3.8, 4) is 0 Å². The van der Waals surface area contributed by atoms with Crippen LogP contribution in [-0.2, 0) is 9.78 Å². The van der Waals surface area contributed by atoms with Gasteiger partial charge in [-0.2, -0.15) is 0 Å². The Labute approximate surface area is 89.7 Å². The molecular weight excluding hydrogens is 196 g/mol. The van der Waals surface area contributed by atoms with Crippen molar-refractivity contribution in [2.45, 2.75) is 31.8 Å². The molecule has 0 aromatic carbocycles. The van der Waals surface area contributed by atoms with E-state index >= 15 is 0 Å². The molecule has 86 valence electrons. The summed E-state index contributed by atoms with van der Waals surface area (Å²) in [7, 11) is 1.50. The van der Waals surface area contributed by atoms with E-state index in [2.05, 4.69) is 26.7 Å². The van der Waals surface area contributed by atoms with Crippen molar-refractivity contribution >= 4 is 0 Å². The molecule has 0 radical (unpaired) electrons. The number of hydrogen-bond acceptors (Lipinski definition) is 4. The van der Waals surface area contributed by atoms with Crippen LogP contribution >= 0.6 is 0 Å². The maximum Gasteiger partial charge on any atom is 0.0977 e. The molecule has 0 amide bonds. The van der Waals surface area contributed by atoms with E-state index < -0.39 is 0 Å². The first-order chi connectivity index (χ1) is 7.31. The van der Waals surface area contributed by atoms with Gasteiger partial charge < -0.3 is 0 Å². The second kappa shape index (κ2) is 6.63. The lowest BCUT2D eigenvalue weighted by molar-refractivity contribution is -0.281. The fraction of sp³-hybridized carbons (Fsp3) is 1.00. The second-order valence-electron chi connectivity index (χ2n) is 3.62. The van der Waals surface area contributed by atoms with E-state index in [1.165, 1.54) is 7.11 Å². The third kappa shape index (κ3) is 3.68. The van der Waals surface area contributed by atoms with Gasteiger partial charge in [-0.1, -0.05) is 12.0 Å². The zero-order valence-corrected chi connectivity index (χ0v) is 9.30. The smallest absolute Gasteiger partial charge is 0.0977 e. The van der Waals surface area contributed by atoms with Gasteiger partial charge in [0.15, 0.2) is 0 Å². The molecule has 2 atom stereocenters. The first-order valence-electron chi connectivity index (χ1n) is 5.25. The van der Waals surface area contributed by atoms with Gasteiger partial charge in [0, 0.05) is 17.0 Å². The highest BCUT2D eigenvalue weighted by molar-refractivity contribution is 4.84. The summed E-state index contributed by atoms with van der Waals surface area (Å²) in [4.78, 5) is 14.7. The van der Waals surface area contributed by atoms with E-state index in [0.717, 1.165) is 25.9 Å². The largest absolute Gasteiger partial charge is 0.298 e. The Morgan fingerprint density at radius 2 is 2.40 bits per heavy atom. The summed E-state index contributed by atoms with van der Waals surface area (Å²) in [5, 5.41) is 3.77. The number of likely N-dealkylation sites (N-methyl/N-ethyl adjacent to an activating group) is 1. The zero-order chi connectivity index (χ0) is 11.1. The highest BCUT2D eigenvalue weighted by Gasteiger charge is 2.27. The van der Waals surface area contributed by atoms with Crippen LogP contribution in [-0.4, -0.2) is 43.8 Å². The summed E-state index contributed by atoms with van der Waals surface area (Å²) >= 11 is 0. The van der Waals surface area contributed by atoms with Crippen molar-refractivity contribution in [3.63, 3.8) is 0 Å². The van der Waals surface area contributed by atoms with Gasteiger partial charge in [-0.05, 0) is 31.5 Å². The Hall–Kier alpha value is -0.810. The summed E-state index contributed by atoms with van der Waals surface area (Å²) in [5.41, 5.74) is 8.39. The minimum Gasteiger partial charge on any atom is -0.298 e.